The lowest BCUT2D eigenvalue weighted by molar-refractivity contribution is -0.140. The van der Waals surface area contributed by atoms with Crippen molar-refractivity contribution < 1.29 is 23.4 Å². The number of halogens is 3. The zero-order valence-corrected chi connectivity index (χ0v) is 13.7. The van der Waals surface area contributed by atoms with E-state index in [9.17, 15) is 23.4 Å². The minimum Gasteiger partial charge on any atom is -0.507 e. The zero-order chi connectivity index (χ0) is 18.4. The molecule has 3 rings (SSSR count). The number of aromatic hydroxyl groups is 2. The molecule has 1 aromatic carbocycles. The maximum absolute atomic E-state index is 13.0. The predicted octanol–water partition coefficient (Wildman–Crippen LogP) is 4.69. The molecule has 0 amide bonds. The van der Waals surface area contributed by atoms with E-state index in [-0.39, 0.29) is 28.3 Å². The van der Waals surface area contributed by atoms with E-state index in [2.05, 4.69) is 4.98 Å². The molecule has 2 N–H and O–H groups in total. The highest BCUT2D eigenvalue weighted by molar-refractivity contribution is 5.88. The highest BCUT2D eigenvalue weighted by atomic mass is 19.4. The van der Waals surface area contributed by atoms with Crippen LogP contribution in [-0.2, 0) is 12.6 Å². The van der Waals surface area contributed by atoms with Crippen molar-refractivity contribution in [1.29, 1.82) is 0 Å². The minimum absolute atomic E-state index is 0.0289. The molecule has 0 aliphatic rings. The maximum Gasteiger partial charge on any atom is 0.434 e. The summed E-state index contributed by atoms with van der Waals surface area (Å²) in [5.41, 5.74) is 0.714. The molecule has 0 saturated carbocycles. The van der Waals surface area contributed by atoms with Crippen molar-refractivity contribution in [3.05, 3.63) is 47.4 Å². The van der Waals surface area contributed by atoms with E-state index >= 15 is 0 Å². The lowest BCUT2D eigenvalue weighted by Crippen LogP contribution is -2.04. The lowest BCUT2D eigenvalue weighted by atomic mass is 9.97. The highest BCUT2D eigenvalue weighted by Gasteiger charge is 2.34. The number of alkyl halides is 3. The fourth-order valence-corrected chi connectivity index (χ4v) is 2.95. The van der Waals surface area contributed by atoms with E-state index in [4.69, 9.17) is 0 Å². The van der Waals surface area contributed by atoms with Crippen LogP contribution in [0.4, 0.5) is 13.2 Å². The topological polar surface area (TPSA) is 57.8 Å². The Morgan fingerprint density at radius 2 is 1.76 bits per heavy atom. The van der Waals surface area contributed by atoms with Crippen molar-refractivity contribution in [2.24, 2.45) is 0 Å². The number of pyridine rings is 1. The second kappa shape index (κ2) is 5.98. The molecule has 132 valence electrons. The Morgan fingerprint density at radius 1 is 1.12 bits per heavy atom. The number of phenols is 2. The van der Waals surface area contributed by atoms with E-state index in [1.165, 1.54) is 22.7 Å². The van der Waals surface area contributed by atoms with Crippen LogP contribution in [-0.4, -0.2) is 19.6 Å². The quantitative estimate of drug-likeness (QED) is 0.720. The lowest BCUT2D eigenvalue weighted by Gasteiger charge is -2.13. The van der Waals surface area contributed by atoms with Gasteiger partial charge in [0, 0.05) is 18.0 Å². The molecule has 0 radical (unpaired) electrons. The summed E-state index contributed by atoms with van der Waals surface area (Å²) in [5.74, 6) is -0.368. The van der Waals surface area contributed by atoms with Gasteiger partial charge in [0.1, 0.15) is 17.1 Å². The second-order valence-electron chi connectivity index (χ2n) is 5.99. The largest absolute Gasteiger partial charge is 0.507 e. The number of hydrogen-bond acceptors (Lipinski definition) is 3. The molecular formula is C18H17F3N2O2. The Hall–Kier alpha value is -2.70. The van der Waals surface area contributed by atoms with Gasteiger partial charge in [-0.3, -0.25) is 0 Å². The van der Waals surface area contributed by atoms with E-state index in [1.54, 1.807) is 13.0 Å². The summed E-state index contributed by atoms with van der Waals surface area (Å²) >= 11 is 0. The van der Waals surface area contributed by atoms with Crippen molar-refractivity contribution in [3.8, 4) is 22.6 Å². The third-order valence-corrected chi connectivity index (χ3v) is 4.07. The van der Waals surface area contributed by atoms with E-state index in [0.29, 0.717) is 12.0 Å². The molecule has 0 aliphatic heterocycles. The molecule has 2 aromatic heterocycles. The molecule has 25 heavy (non-hydrogen) atoms. The summed E-state index contributed by atoms with van der Waals surface area (Å²) in [5, 5.41) is 20.8. The van der Waals surface area contributed by atoms with E-state index < -0.39 is 11.9 Å². The predicted molar refractivity (Wildman–Crippen MR) is 87.7 cm³/mol. The summed E-state index contributed by atoms with van der Waals surface area (Å²) < 4.78 is 40.2. The molecule has 0 aliphatic carbocycles. The highest BCUT2D eigenvalue weighted by Crippen LogP contribution is 2.42. The number of nitrogens with zero attached hydrogens (tertiary/aromatic N) is 2. The second-order valence-corrected chi connectivity index (χ2v) is 5.99. The summed E-state index contributed by atoms with van der Waals surface area (Å²) in [6, 6.07) is 4.66. The van der Waals surface area contributed by atoms with Gasteiger partial charge in [-0.2, -0.15) is 13.2 Å². The normalized spacial score (nSPS) is 12.0. The summed E-state index contributed by atoms with van der Waals surface area (Å²) in [6.45, 7) is 3.66. The number of hydrogen-bond donors (Lipinski definition) is 2. The Morgan fingerprint density at radius 3 is 2.32 bits per heavy atom. The SMILES string of the molecule is CCCc1cc(O)c(-c2c(C)ccn3cc(C(F)(F)F)nc23)c(O)c1. The molecule has 0 spiro atoms. The van der Waals surface area contributed by atoms with Crippen LogP contribution < -0.4 is 0 Å². The van der Waals surface area contributed by atoms with Gasteiger partial charge >= 0.3 is 6.18 Å². The third kappa shape index (κ3) is 3.01. The maximum atomic E-state index is 13.0. The molecule has 7 heteroatoms. The van der Waals surface area contributed by atoms with Crippen molar-refractivity contribution in [1.82, 2.24) is 9.38 Å². The number of benzene rings is 1. The van der Waals surface area contributed by atoms with Gasteiger partial charge in [0.2, 0.25) is 0 Å². The number of imidazole rings is 1. The number of aryl methyl sites for hydroxylation is 2. The van der Waals surface area contributed by atoms with Gasteiger partial charge in [-0.25, -0.2) is 4.98 Å². The van der Waals surface area contributed by atoms with Crippen LogP contribution in [0.5, 0.6) is 11.5 Å². The van der Waals surface area contributed by atoms with Crippen LogP contribution in [0.3, 0.4) is 0 Å². The smallest absolute Gasteiger partial charge is 0.434 e. The Labute approximate surface area is 142 Å². The third-order valence-electron chi connectivity index (χ3n) is 4.07. The standard InChI is InChI=1S/C18H17F3N2O2/c1-3-4-11-7-12(24)16(13(25)8-11)15-10(2)5-6-23-9-14(18(19,20)21)22-17(15)23/h5-9,24-25H,3-4H2,1-2H3. The summed E-state index contributed by atoms with van der Waals surface area (Å²) in [7, 11) is 0. The Kier molecular flexibility index (Phi) is 4.10. The summed E-state index contributed by atoms with van der Waals surface area (Å²) in [6.07, 6.45) is -0.714. The zero-order valence-electron chi connectivity index (χ0n) is 13.7. The molecule has 0 unspecified atom stereocenters. The molecule has 2 heterocycles. The molecule has 0 fully saturated rings. The van der Waals surface area contributed by atoms with Crippen LogP contribution in [0.15, 0.2) is 30.6 Å². The molecule has 0 atom stereocenters. The van der Waals surface area contributed by atoms with Gasteiger partial charge in [0.15, 0.2) is 5.69 Å². The van der Waals surface area contributed by atoms with Crippen molar-refractivity contribution in [2.45, 2.75) is 32.9 Å². The minimum atomic E-state index is -4.58. The molecular weight excluding hydrogens is 333 g/mol. The summed E-state index contributed by atoms with van der Waals surface area (Å²) in [4.78, 5) is 3.68. The number of rotatable bonds is 3. The van der Waals surface area contributed by atoms with Crippen LogP contribution in [0.2, 0.25) is 0 Å². The van der Waals surface area contributed by atoms with Crippen LogP contribution in [0.1, 0.15) is 30.2 Å². The first-order valence-electron chi connectivity index (χ1n) is 7.83. The first-order valence-corrected chi connectivity index (χ1v) is 7.83. The van der Waals surface area contributed by atoms with Crippen molar-refractivity contribution in [2.75, 3.05) is 0 Å². The fraction of sp³-hybridized carbons (Fsp3) is 0.278. The molecule has 4 nitrogen and oxygen atoms in total. The van der Waals surface area contributed by atoms with Gasteiger partial charge in [0.25, 0.3) is 0 Å². The molecule has 0 bridgehead atoms. The van der Waals surface area contributed by atoms with Crippen LogP contribution in [0, 0.1) is 6.92 Å². The van der Waals surface area contributed by atoms with Gasteiger partial charge in [-0.15, -0.1) is 0 Å². The monoisotopic (exact) mass is 350 g/mol. The Bertz CT molecular complexity index is 922. The average Bonchev–Trinajstić information content (AvgIpc) is 2.93. The van der Waals surface area contributed by atoms with Crippen LogP contribution >= 0.6 is 0 Å². The fourth-order valence-electron chi connectivity index (χ4n) is 2.95. The molecule has 0 saturated heterocycles. The van der Waals surface area contributed by atoms with E-state index in [1.807, 2.05) is 6.92 Å². The first kappa shape index (κ1) is 17.1. The van der Waals surface area contributed by atoms with Gasteiger partial charge in [-0.05, 0) is 42.7 Å². The molecule has 3 aromatic rings. The van der Waals surface area contributed by atoms with Crippen molar-refractivity contribution >= 4 is 5.65 Å². The Balaban J connectivity index is 2.28. The van der Waals surface area contributed by atoms with Gasteiger partial charge in [-0.1, -0.05) is 13.3 Å². The number of phenolic OH excluding ortho intramolecular Hbond substituents is 2. The van der Waals surface area contributed by atoms with Gasteiger partial charge < -0.3 is 14.6 Å². The van der Waals surface area contributed by atoms with E-state index in [0.717, 1.165) is 18.2 Å². The average molecular weight is 350 g/mol. The van der Waals surface area contributed by atoms with Crippen molar-refractivity contribution in [3.63, 3.8) is 0 Å². The number of aromatic nitrogens is 2. The van der Waals surface area contributed by atoms with Crippen LogP contribution in [0.25, 0.3) is 16.8 Å². The first-order chi connectivity index (χ1) is 11.7. The van der Waals surface area contributed by atoms with Gasteiger partial charge in [0.05, 0.1) is 5.56 Å². The number of fused-ring (bicyclic) bond motifs is 1.